The Bertz CT molecular complexity index is 419. The molecule has 1 aromatic heterocycles. The van der Waals surface area contributed by atoms with Gasteiger partial charge in [-0.05, 0) is 13.8 Å². The second kappa shape index (κ2) is 5.21. The van der Waals surface area contributed by atoms with Gasteiger partial charge in [-0.2, -0.15) is 0 Å². The van der Waals surface area contributed by atoms with E-state index < -0.39 is 6.04 Å². The van der Waals surface area contributed by atoms with Crippen molar-refractivity contribution in [2.24, 2.45) is 0 Å². The van der Waals surface area contributed by atoms with Crippen molar-refractivity contribution < 1.29 is 13.9 Å². The first-order valence-electron chi connectivity index (χ1n) is 5.81. The number of ether oxygens (including phenoxy) is 1. The highest BCUT2D eigenvalue weighted by Crippen LogP contribution is 2.19. The Labute approximate surface area is 104 Å². The summed E-state index contributed by atoms with van der Waals surface area (Å²) in [6.07, 6.45) is 0. The lowest BCUT2D eigenvalue weighted by molar-refractivity contribution is -0.125. The maximum absolute atomic E-state index is 12.0. The summed E-state index contributed by atoms with van der Waals surface area (Å²) in [6, 6.07) is -0.172. The van der Waals surface area contributed by atoms with Crippen LogP contribution < -0.4 is 16.0 Å². The molecule has 0 spiro atoms. The molecule has 3 N–H and O–H groups in total. The lowest BCUT2D eigenvalue weighted by atomic mass is 10.2. The molecule has 18 heavy (non-hydrogen) atoms. The normalized spacial score (nSPS) is 20.2. The molecule has 0 radical (unpaired) electrons. The van der Waals surface area contributed by atoms with Crippen LogP contribution in [0.3, 0.4) is 0 Å². The fraction of sp³-hybridized carbons (Fsp3) is 0.700. The second-order valence-corrected chi connectivity index (χ2v) is 4.37. The van der Waals surface area contributed by atoms with Crippen LogP contribution in [-0.4, -0.2) is 47.9 Å². The molecule has 1 saturated heterocycles. The third-order valence-corrected chi connectivity index (χ3v) is 2.54. The van der Waals surface area contributed by atoms with Gasteiger partial charge >= 0.3 is 12.0 Å². The number of carbonyl (C=O) groups is 1. The molecule has 2 rings (SSSR count). The number of aromatic nitrogens is 2. The molecule has 0 saturated carbocycles. The summed E-state index contributed by atoms with van der Waals surface area (Å²) in [5.74, 6) is -0.124. The number of morpholine rings is 1. The minimum absolute atomic E-state index is 0.0143. The molecule has 8 heteroatoms. The number of rotatable bonds is 3. The Morgan fingerprint density at radius 1 is 1.56 bits per heavy atom. The lowest BCUT2D eigenvalue weighted by Crippen LogP contribution is -2.55. The zero-order valence-corrected chi connectivity index (χ0v) is 10.4. The molecule has 0 aromatic carbocycles. The van der Waals surface area contributed by atoms with Crippen molar-refractivity contribution in [3.05, 3.63) is 0 Å². The maximum Gasteiger partial charge on any atom is 0.320 e. The number of nitrogens with two attached hydrogens (primary N) is 1. The number of hydrogen-bond donors (Lipinski definition) is 2. The van der Waals surface area contributed by atoms with Crippen LogP contribution in [0.1, 0.15) is 13.8 Å². The van der Waals surface area contributed by atoms with Gasteiger partial charge in [-0.25, -0.2) is 0 Å². The van der Waals surface area contributed by atoms with Crippen molar-refractivity contribution in [1.29, 1.82) is 0 Å². The van der Waals surface area contributed by atoms with E-state index in [1.165, 1.54) is 0 Å². The average Bonchev–Trinajstić information content (AvgIpc) is 2.75. The van der Waals surface area contributed by atoms with Crippen molar-refractivity contribution in [2.45, 2.75) is 25.9 Å². The van der Waals surface area contributed by atoms with Gasteiger partial charge in [-0.1, -0.05) is 10.2 Å². The second-order valence-electron chi connectivity index (χ2n) is 4.37. The van der Waals surface area contributed by atoms with E-state index in [2.05, 4.69) is 15.5 Å². The molecule has 1 fully saturated rings. The molecule has 1 aliphatic rings. The quantitative estimate of drug-likeness (QED) is 0.741. The van der Waals surface area contributed by atoms with Gasteiger partial charge < -0.3 is 25.1 Å². The Hall–Kier alpha value is -1.83. The molecule has 100 valence electrons. The number of nitrogens with one attached hydrogen (secondary N) is 1. The van der Waals surface area contributed by atoms with Gasteiger partial charge in [0.25, 0.3) is 0 Å². The van der Waals surface area contributed by atoms with Crippen LogP contribution in [-0.2, 0) is 9.53 Å². The third kappa shape index (κ3) is 2.70. The molecule has 1 atom stereocenters. The maximum atomic E-state index is 12.0. The fourth-order valence-electron chi connectivity index (χ4n) is 1.77. The molecule has 1 amide bonds. The SMILES string of the molecule is CC(C)NC(=O)C1COCCN1c1nnc(N)o1. The lowest BCUT2D eigenvalue weighted by Gasteiger charge is -2.33. The summed E-state index contributed by atoms with van der Waals surface area (Å²) in [7, 11) is 0. The molecule has 8 nitrogen and oxygen atoms in total. The van der Waals surface area contributed by atoms with Crippen molar-refractivity contribution in [1.82, 2.24) is 15.5 Å². The van der Waals surface area contributed by atoms with Gasteiger partial charge in [-0.15, -0.1) is 0 Å². The smallest absolute Gasteiger partial charge is 0.320 e. The Kier molecular flexibility index (Phi) is 3.66. The fourth-order valence-corrected chi connectivity index (χ4v) is 1.77. The van der Waals surface area contributed by atoms with Crippen molar-refractivity contribution >= 4 is 17.9 Å². The summed E-state index contributed by atoms with van der Waals surface area (Å²) in [5.41, 5.74) is 5.39. The van der Waals surface area contributed by atoms with E-state index in [1.54, 1.807) is 4.90 Å². The minimum atomic E-state index is -0.471. The number of nitrogens with zero attached hydrogens (tertiary/aromatic N) is 3. The van der Waals surface area contributed by atoms with Crippen LogP contribution in [0.25, 0.3) is 0 Å². The van der Waals surface area contributed by atoms with Gasteiger partial charge in [0.2, 0.25) is 5.91 Å². The topological polar surface area (TPSA) is 107 Å². The number of anilines is 2. The van der Waals surface area contributed by atoms with Crippen molar-refractivity contribution in [3.63, 3.8) is 0 Å². The highest BCUT2D eigenvalue weighted by atomic mass is 16.5. The van der Waals surface area contributed by atoms with Gasteiger partial charge in [0, 0.05) is 12.6 Å². The third-order valence-electron chi connectivity index (χ3n) is 2.54. The average molecular weight is 255 g/mol. The number of nitrogen functional groups attached to an aromatic ring is 1. The van der Waals surface area contributed by atoms with E-state index >= 15 is 0 Å². The van der Waals surface area contributed by atoms with Gasteiger partial charge in [-0.3, -0.25) is 4.79 Å². The predicted molar refractivity (Wildman–Crippen MR) is 63.9 cm³/mol. The minimum Gasteiger partial charge on any atom is -0.390 e. The first kappa shape index (κ1) is 12.6. The monoisotopic (exact) mass is 255 g/mol. The largest absolute Gasteiger partial charge is 0.390 e. The molecule has 0 aliphatic carbocycles. The molecule has 1 aliphatic heterocycles. The van der Waals surface area contributed by atoms with Crippen LogP contribution in [0.4, 0.5) is 12.0 Å². The Morgan fingerprint density at radius 3 is 2.94 bits per heavy atom. The van der Waals surface area contributed by atoms with E-state index in [4.69, 9.17) is 14.9 Å². The first-order valence-corrected chi connectivity index (χ1v) is 5.81. The summed E-state index contributed by atoms with van der Waals surface area (Å²) < 4.78 is 10.5. The van der Waals surface area contributed by atoms with Crippen LogP contribution in [0, 0.1) is 0 Å². The zero-order valence-electron chi connectivity index (χ0n) is 10.4. The first-order chi connectivity index (χ1) is 8.58. The van der Waals surface area contributed by atoms with Gasteiger partial charge in [0.05, 0.1) is 13.2 Å². The summed E-state index contributed by atoms with van der Waals surface area (Å²) in [5, 5.41) is 10.2. The molecule has 2 heterocycles. The summed E-state index contributed by atoms with van der Waals surface area (Å²) in [6.45, 7) is 5.11. The molecule has 0 bridgehead atoms. The molecular weight excluding hydrogens is 238 g/mol. The number of amides is 1. The van der Waals surface area contributed by atoms with E-state index in [9.17, 15) is 4.79 Å². The number of hydrogen-bond acceptors (Lipinski definition) is 7. The molecule has 1 unspecified atom stereocenters. The van der Waals surface area contributed by atoms with Gasteiger partial charge in [0.1, 0.15) is 6.04 Å². The van der Waals surface area contributed by atoms with Crippen LogP contribution in [0.5, 0.6) is 0 Å². The molecule has 1 aromatic rings. The predicted octanol–water partition coefficient (Wildman–Crippen LogP) is -0.618. The molecular formula is C10H17N5O3. The van der Waals surface area contributed by atoms with E-state index in [0.717, 1.165) is 0 Å². The highest BCUT2D eigenvalue weighted by Gasteiger charge is 2.32. The van der Waals surface area contributed by atoms with Crippen LogP contribution >= 0.6 is 0 Å². The van der Waals surface area contributed by atoms with Crippen molar-refractivity contribution in [3.8, 4) is 0 Å². The van der Waals surface area contributed by atoms with Crippen LogP contribution in [0.2, 0.25) is 0 Å². The Balaban J connectivity index is 2.13. The summed E-state index contributed by atoms with van der Waals surface area (Å²) >= 11 is 0. The van der Waals surface area contributed by atoms with E-state index in [1.807, 2.05) is 13.8 Å². The standard InChI is InChI=1S/C10H17N5O3/c1-6(2)12-8(16)7-5-17-4-3-15(7)10-14-13-9(11)18-10/h6-7H,3-5H2,1-2H3,(H2,11,13)(H,12,16). The van der Waals surface area contributed by atoms with E-state index in [0.29, 0.717) is 19.8 Å². The zero-order chi connectivity index (χ0) is 13.1. The van der Waals surface area contributed by atoms with E-state index in [-0.39, 0.29) is 24.0 Å². The van der Waals surface area contributed by atoms with Crippen molar-refractivity contribution in [2.75, 3.05) is 30.4 Å². The summed E-state index contributed by atoms with van der Waals surface area (Å²) in [4.78, 5) is 13.8. The number of carbonyl (C=O) groups excluding carboxylic acids is 1. The highest BCUT2D eigenvalue weighted by molar-refractivity contribution is 5.85. The van der Waals surface area contributed by atoms with Crippen LogP contribution in [0.15, 0.2) is 4.42 Å². The van der Waals surface area contributed by atoms with Gasteiger partial charge in [0.15, 0.2) is 0 Å². The Morgan fingerprint density at radius 2 is 2.33 bits per heavy atom.